The van der Waals surface area contributed by atoms with Crippen LogP contribution in [0.15, 0.2) is 52.5 Å². The molecule has 3 rings (SSSR count). The number of hydrogen-bond acceptors (Lipinski definition) is 7. The minimum Gasteiger partial charge on any atom is -0.493 e. The number of halogens is 2. The van der Waals surface area contributed by atoms with E-state index >= 15 is 0 Å². The number of alkyl halides is 2. The Kier molecular flexibility index (Phi) is 8.17. The van der Waals surface area contributed by atoms with Crippen molar-refractivity contribution >= 4 is 27.8 Å². The molecule has 33 heavy (non-hydrogen) atoms. The van der Waals surface area contributed by atoms with Gasteiger partial charge in [-0.25, -0.2) is 8.42 Å². The van der Waals surface area contributed by atoms with Gasteiger partial charge in [-0.3, -0.25) is 4.79 Å². The summed E-state index contributed by atoms with van der Waals surface area (Å²) in [5.41, 5.74) is 0.885. The lowest BCUT2D eigenvalue weighted by Gasteiger charge is -2.15. The molecule has 0 aliphatic carbocycles. The number of nitrogens with zero attached hydrogens (tertiary/aromatic N) is 2. The molecule has 0 aromatic heterocycles. The number of carbonyl (C=O) groups is 1. The van der Waals surface area contributed by atoms with E-state index in [0.717, 1.165) is 12.8 Å². The number of carbonyl (C=O) groups excluding carboxylic acids is 1. The van der Waals surface area contributed by atoms with E-state index in [0.29, 0.717) is 24.3 Å². The second-order valence-electron chi connectivity index (χ2n) is 6.98. The maximum absolute atomic E-state index is 12.5. The van der Waals surface area contributed by atoms with E-state index in [1.54, 1.807) is 0 Å². The number of oxime groups is 1. The molecular weight excluding hydrogens is 460 g/mol. The molecule has 1 heterocycles. The first-order valence-electron chi connectivity index (χ1n) is 9.98. The monoisotopic (exact) mass is 483 g/mol. The van der Waals surface area contributed by atoms with Crippen molar-refractivity contribution < 1.29 is 36.3 Å². The average molecular weight is 483 g/mol. The lowest BCUT2D eigenvalue weighted by atomic mass is 10.2. The summed E-state index contributed by atoms with van der Waals surface area (Å²) in [5, 5.41) is 6.24. The number of nitrogens with one attached hydrogen (secondary N) is 1. The van der Waals surface area contributed by atoms with E-state index in [1.165, 1.54) is 60.1 Å². The predicted octanol–water partition coefficient (Wildman–Crippen LogP) is 3.07. The Labute approximate surface area is 190 Å². The highest BCUT2D eigenvalue weighted by Crippen LogP contribution is 2.29. The Morgan fingerprint density at radius 1 is 1.15 bits per heavy atom. The van der Waals surface area contributed by atoms with Crippen LogP contribution >= 0.6 is 0 Å². The molecule has 0 unspecified atom stereocenters. The minimum absolute atomic E-state index is 0.0900. The van der Waals surface area contributed by atoms with Crippen LogP contribution in [0.25, 0.3) is 0 Å². The minimum atomic E-state index is -3.52. The van der Waals surface area contributed by atoms with Crippen LogP contribution in [-0.2, 0) is 19.7 Å². The molecule has 9 nitrogen and oxygen atoms in total. The lowest BCUT2D eigenvalue weighted by Crippen LogP contribution is -2.27. The summed E-state index contributed by atoms with van der Waals surface area (Å²) in [6, 6.07) is 10.1. The molecule has 1 aliphatic rings. The van der Waals surface area contributed by atoms with Crippen molar-refractivity contribution in [2.24, 2.45) is 5.16 Å². The molecule has 0 atom stereocenters. The first kappa shape index (κ1) is 24.4. The molecule has 1 aliphatic heterocycles. The molecule has 2 aromatic carbocycles. The smallest absolute Gasteiger partial charge is 0.387 e. The SMILES string of the molecule is COc1cc(/C=N/OCC(=O)Nc2ccc(S(=O)(=O)N3CCCC3)cc2)ccc1OC(F)F. The van der Waals surface area contributed by atoms with Gasteiger partial charge < -0.3 is 19.6 Å². The number of benzene rings is 2. The van der Waals surface area contributed by atoms with Gasteiger partial charge in [0.05, 0.1) is 18.2 Å². The normalized spacial score (nSPS) is 14.5. The fraction of sp³-hybridized carbons (Fsp3) is 0.333. The number of amides is 1. The van der Waals surface area contributed by atoms with E-state index in [1.807, 2.05) is 0 Å². The van der Waals surface area contributed by atoms with Crippen molar-refractivity contribution in [3.63, 3.8) is 0 Å². The van der Waals surface area contributed by atoms with Crippen LogP contribution in [0.2, 0.25) is 0 Å². The highest BCUT2D eigenvalue weighted by Gasteiger charge is 2.26. The fourth-order valence-corrected chi connectivity index (χ4v) is 4.65. The summed E-state index contributed by atoms with van der Waals surface area (Å²) < 4.78 is 60.5. The molecule has 1 fully saturated rings. The standard InChI is InChI=1S/C21H23F2N3O6S/c1-30-19-12-15(4-9-18(19)32-21(22)23)13-24-31-14-20(27)25-16-5-7-17(8-6-16)33(28,29)26-10-2-3-11-26/h4-9,12-13,21H,2-3,10-11,14H2,1H3,(H,25,27)/b24-13+. The molecule has 0 radical (unpaired) electrons. The molecule has 2 aromatic rings. The van der Waals surface area contributed by atoms with E-state index in [9.17, 15) is 22.0 Å². The Balaban J connectivity index is 1.50. The third-order valence-electron chi connectivity index (χ3n) is 4.72. The molecule has 1 amide bonds. The molecule has 1 saturated heterocycles. The van der Waals surface area contributed by atoms with Gasteiger partial charge in [0, 0.05) is 24.3 Å². The number of methoxy groups -OCH3 is 1. The van der Waals surface area contributed by atoms with Crippen LogP contribution < -0.4 is 14.8 Å². The molecule has 0 spiro atoms. The predicted molar refractivity (Wildman–Crippen MR) is 116 cm³/mol. The van der Waals surface area contributed by atoms with Crippen LogP contribution in [-0.4, -0.2) is 58.3 Å². The summed E-state index contributed by atoms with van der Waals surface area (Å²) in [4.78, 5) is 17.1. The van der Waals surface area contributed by atoms with Crippen molar-refractivity contribution in [1.29, 1.82) is 0 Å². The second kappa shape index (κ2) is 11.1. The average Bonchev–Trinajstić information content (AvgIpc) is 3.33. The number of hydrogen-bond donors (Lipinski definition) is 1. The van der Waals surface area contributed by atoms with Gasteiger partial charge in [0.15, 0.2) is 18.1 Å². The van der Waals surface area contributed by atoms with E-state index in [-0.39, 0.29) is 16.4 Å². The van der Waals surface area contributed by atoms with Gasteiger partial charge in [-0.15, -0.1) is 0 Å². The van der Waals surface area contributed by atoms with Crippen LogP contribution in [0.4, 0.5) is 14.5 Å². The largest absolute Gasteiger partial charge is 0.493 e. The third-order valence-corrected chi connectivity index (χ3v) is 6.63. The van der Waals surface area contributed by atoms with Gasteiger partial charge in [-0.2, -0.15) is 13.1 Å². The fourth-order valence-electron chi connectivity index (χ4n) is 3.14. The number of anilines is 1. The summed E-state index contributed by atoms with van der Waals surface area (Å²) in [6.45, 7) is -2.35. The van der Waals surface area contributed by atoms with Crippen molar-refractivity contribution in [3.05, 3.63) is 48.0 Å². The van der Waals surface area contributed by atoms with E-state index in [4.69, 9.17) is 9.57 Å². The van der Waals surface area contributed by atoms with Gasteiger partial charge in [-0.05, 0) is 55.3 Å². The molecule has 178 valence electrons. The van der Waals surface area contributed by atoms with Gasteiger partial charge >= 0.3 is 6.61 Å². The van der Waals surface area contributed by atoms with E-state index < -0.39 is 29.1 Å². The highest BCUT2D eigenvalue weighted by atomic mass is 32.2. The Bertz CT molecular complexity index is 1090. The molecule has 0 bridgehead atoms. The quantitative estimate of drug-likeness (QED) is 0.411. The van der Waals surface area contributed by atoms with Crippen molar-refractivity contribution in [2.45, 2.75) is 24.3 Å². The van der Waals surface area contributed by atoms with Crippen LogP contribution in [0.1, 0.15) is 18.4 Å². The molecular formula is C21H23F2N3O6S. The van der Waals surface area contributed by atoms with Crippen molar-refractivity contribution in [2.75, 3.05) is 32.1 Å². The van der Waals surface area contributed by atoms with Gasteiger partial charge in [0.2, 0.25) is 10.0 Å². The van der Waals surface area contributed by atoms with Crippen LogP contribution in [0.5, 0.6) is 11.5 Å². The highest BCUT2D eigenvalue weighted by molar-refractivity contribution is 7.89. The maximum Gasteiger partial charge on any atom is 0.387 e. The Hall–Kier alpha value is -3.25. The first-order chi connectivity index (χ1) is 15.8. The van der Waals surface area contributed by atoms with Crippen molar-refractivity contribution in [1.82, 2.24) is 4.31 Å². The summed E-state index contributed by atoms with van der Waals surface area (Å²) in [6.07, 6.45) is 2.98. The number of sulfonamides is 1. The summed E-state index contributed by atoms with van der Waals surface area (Å²) in [5.74, 6) is -0.531. The van der Waals surface area contributed by atoms with E-state index in [2.05, 4.69) is 15.2 Å². The third kappa shape index (κ3) is 6.62. The summed E-state index contributed by atoms with van der Waals surface area (Å²) in [7, 11) is -2.21. The summed E-state index contributed by atoms with van der Waals surface area (Å²) >= 11 is 0. The second-order valence-corrected chi connectivity index (χ2v) is 8.92. The molecule has 0 saturated carbocycles. The van der Waals surface area contributed by atoms with Gasteiger partial charge in [0.1, 0.15) is 0 Å². The molecule has 1 N–H and O–H groups in total. The van der Waals surface area contributed by atoms with Crippen molar-refractivity contribution in [3.8, 4) is 11.5 Å². The topological polar surface area (TPSA) is 107 Å². The Morgan fingerprint density at radius 3 is 2.48 bits per heavy atom. The number of ether oxygens (including phenoxy) is 2. The van der Waals surface area contributed by atoms with Crippen LogP contribution in [0.3, 0.4) is 0 Å². The first-order valence-corrected chi connectivity index (χ1v) is 11.4. The van der Waals surface area contributed by atoms with Gasteiger partial charge in [-0.1, -0.05) is 5.16 Å². The van der Waals surface area contributed by atoms with Crippen LogP contribution in [0, 0.1) is 0 Å². The zero-order chi connectivity index (χ0) is 23.8. The zero-order valence-corrected chi connectivity index (χ0v) is 18.6. The lowest BCUT2D eigenvalue weighted by molar-refractivity contribution is -0.120. The molecule has 12 heteroatoms. The number of rotatable bonds is 10. The maximum atomic E-state index is 12.5. The zero-order valence-electron chi connectivity index (χ0n) is 17.7. The Morgan fingerprint density at radius 2 is 1.85 bits per heavy atom. The van der Waals surface area contributed by atoms with Gasteiger partial charge in [0.25, 0.3) is 5.91 Å².